The van der Waals surface area contributed by atoms with Gasteiger partial charge in [0, 0.05) is 18.2 Å². The van der Waals surface area contributed by atoms with E-state index >= 15 is 0 Å². The third-order valence-electron chi connectivity index (χ3n) is 2.39. The number of rotatable bonds is 13. The molecule has 0 bridgehead atoms. The van der Waals surface area contributed by atoms with Crippen LogP contribution in [0.25, 0.3) is 0 Å². The second kappa shape index (κ2) is 16.5. The zero-order valence-electron chi connectivity index (χ0n) is 14.6. The molecule has 0 aliphatic rings. The van der Waals surface area contributed by atoms with Crippen LogP contribution in [0.3, 0.4) is 0 Å². The third-order valence-corrected chi connectivity index (χ3v) is 5.03. The molecule has 0 saturated carbocycles. The van der Waals surface area contributed by atoms with Gasteiger partial charge in [-0.25, -0.2) is 0 Å². The van der Waals surface area contributed by atoms with E-state index in [-0.39, 0.29) is 18.0 Å². The van der Waals surface area contributed by atoms with Gasteiger partial charge in [-0.1, -0.05) is 54.2 Å². The topological polar surface area (TPSA) is 59.6 Å². The van der Waals surface area contributed by atoms with Crippen LogP contribution in [0.1, 0.15) is 27.7 Å². The number of carbonyl (C=O) groups excluding carboxylic acids is 1. The number of hydrogen-bond acceptors (Lipinski definition) is 6. The van der Waals surface area contributed by atoms with Gasteiger partial charge in [0.25, 0.3) is 0 Å². The molecule has 1 atom stereocenters. The Labute approximate surface area is 148 Å². The Morgan fingerprint density at radius 2 is 2.04 bits per heavy atom. The molecule has 0 fully saturated rings. The smallest absolute Gasteiger partial charge is 0.246 e. The molecule has 0 aromatic carbocycles. The first kappa shape index (κ1) is 22.6. The molecule has 1 unspecified atom stereocenters. The van der Waals surface area contributed by atoms with Crippen LogP contribution in [0.4, 0.5) is 0 Å². The van der Waals surface area contributed by atoms with Crippen molar-refractivity contribution in [3.63, 3.8) is 0 Å². The highest BCUT2D eigenvalue weighted by atomic mass is 33.1. The van der Waals surface area contributed by atoms with Gasteiger partial charge in [-0.2, -0.15) is 0 Å². The quantitative estimate of drug-likeness (QED) is 0.227. The lowest BCUT2D eigenvalue weighted by molar-refractivity contribution is -0.126. The van der Waals surface area contributed by atoms with Gasteiger partial charge < -0.3 is 20.1 Å². The minimum Gasteiger partial charge on any atom is -0.369 e. The number of ether oxygens (including phenoxy) is 2. The zero-order valence-corrected chi connectivity index (χ0v) is 16.3. The van der Waals surface area contributed by atoms with Gasteiger partial charge in [-0.15, -0.1) is 0 Å². The van der Waals surface area contributed by atoms with Crippen molar-refractivity contribution in [2.24, 2.45) is 5.92 Å². The standard InChI is InChI=1S/C16H30N2O3S2/c1-5-17-9-12-22-23-15(4)21-11-10-20-13-16(19)18-8-6-7-14(2)3/h14-15,17H,5,8-13H2,1-4H3,(H,18,19). The molecule has 5 nitrogen and oxygen atoms in total. The van der Waals surface area contributed by atoms with E-state index in [9.17, 15) is 4.79 Å². The monoisotopic (exact) mass is 362 g/mol. The van der Waals surface area contributed by atoms with Crippen LogP contribution in [0.15, 0.2) is 0 Å². The average Bonchev–Trinajstić information content (AvgIpc) is 2.51. The summed E-state index contributed by atoms with van der Waals surface area (Å²) in [4.78, 5) is 11.5. The molecular weight excluding hydrogens is 332 g/mol. The van der Waals surface area contributed by atoms with Crippen LogP contribution < -0.4 is 10.6 Å². The molecule has 134 valence electrons. The molecule has 0 aliphatic heterocycles. The molecule has 0 aromatic rings. The van der Waals surface area contributed by atoms with Crippen LogP contribution in [-0.2, 0) is 14.3 Å². The molecule has 0 spiro atoms. The highest BCUT2D eigenvalue weighted by Gasteiger charge is 2.04. The second-order valence-electron chi connectivity index (χ2n) is 5.02. The Hall–Kier alpha value is -0.390. The SMILES string of the molecule is CCNCCSSC(C)OCCOCC(=O)NCC#CC(C)C. The Morgan fingerprint density at radius 1 is 1.26 bits per heavy atom. The first-order chi connectivity index (χ1) is 11.1. The van der Waals surface area contributed by atoms with Crippen molar-refractivity contribution < 1.29 is 14.3 Å². The van der Waals surface area contributed by atoms with Crippen molar-refractivity contribution in [2.75, 3.05) is 45.2 Å². The number of hydrogen-bond donors (Lipinski definition) is 2. The van der Waals surface area contributed by atoms with E-state index in [1.165, 1.54) is 0 Å². The summed E-state index contributed by atoms with van der Waals surface area (Å²) in [6.45, 7) is 11.5. The largest absolute Gasteiger partial charge is 0.369 e. The molecule has 7 heteroatoms. The molecule has 0 rings (SSSR count). The molecule has 0 saturated heterocycles. The van der Waals surface area contributed by atoms with Crippen molar-refractivity contribution >= 4 is 27.5 Å². The molecule has 0 aromatic heterocycles. The van der Waals surface area contributed by atoms with Crippen LogP contribution in [0.2, 0.25) is 0 Å². The Kier molecular flexibility index (Phi) is 16.2. The minimum atomic E-state index is -0.149. The fourth-order valence-electron chi connectivity index (χ4n) is 1.35. The summed E-state index contributed by atoms with van der Waals surface area (Å²) < 4.78 is 10.9. The highest BCUT2D eigenvalue weighted by Crippen LogP contribution is 2.26. The lowest BCUT2D eigenvalue weighted by Gasteiger charge is -2.12. The zero-order chi connectivity index (χ0) is 17.3. The summed E-state index contributed by atoms with van der Waals surface area (Å²) in [6, 6.07) is 0. The number of amides is 1. The fourth-order valence-corrected chi connectivity index (χ4v) is 3.30. The predicted molar refractivity (Wildman–Crippen MR) is 100 cm³/mol. The van der Waals surface area contributed by atoms with Crippen LogP contribution in [0.5, 0.6) is 0 Å². The molecule has 0 aliphatic carbocycles. The Morgan fingerprint density at radius 3 is 2.74 bits per heavy atom. The summed E-state index contributed by atoms with van der Waals surface area (Å²) in [5, 5.41) is 5.97. The average molecular weight is 363 g/mol. The van der Waals surface area contributed by atoms with Gasteiger partial charge >= 0.3 is 0 Å². The second-order valence-corrected chi connectivity index (χ2v) is 7.80. The molecule has 0 radical (unpaired) electrons. The van der Waals surface area contributed by atoms with Gasteiger partial charge in [0.1, 0.15) is 12.0 Å². The minimum absolute atomic E-state index is 0.0473. The Balaban J connectivity index is 3.40. The van der Waals surface area contributed by atoms with Gasteiger partial charge in [-0.05, 0) is 13.5 Å². The maximum atomic E-state index is 11.5. The Bertz CT molecular complexity index is 357. The maximum Gasteiger partial charge on any atom is 0.246 e. The lowest BCUT2D eigenvalue weighted by atomic mass is 10.2. The summed E-state index contributed by atoms with van der Waals surface area (Å²) in [6.07, 6.45) is 0. The molecule has 0 heterocycles. The van der Waals surface area contributed by atoms with Crippen molar-refractivity contribution in [1.29, 1.82) is 0 Å². The van der Waals surface area contributed by atoms with Crippen molar-refractivity contribution in [3.05, 3.63) is 0 Å². The van der Waals surface area contributed by atoms with E-state index in [0.29, 0.717) is 25.7 Å². The fraction of sp³-hybridized carbons (Fsp3) is 0.812. The molecule has 1 amide bonds. The van der Waals surface area contributed by atoms with Crippen LogP contribution in [0, 0.1) is 17.8 Å². The predicted octanol–water partition coefficient (Wildman–Crippen LogP) is 2.13. The van der Waals surface area contributed by atoms with E-state index in [1.54, 1.807) is 21.6 Å². The first-order valence-electron chi connectivity index (χ1n) is 7.99. The molecule has 2 N–H and O–H groups in total. The van der Waals surface area contributed by atoms with E-state index in [1.807, 2.05) is 20.8 Å². The van der Waals surface area contributed by atoms with Gasteiger partial charge in [0.2, 0.25) is 5.91 Å². The number of nitrogens with one attached hydrogen (secondary N) is 2. The van der Waals surface area contributed by atoms with Crippen molar-refractivity contribution in [2.45, 2.75) is 33.1 Å². The maximum absolute atomic E-state index is 11.5. The van der Waals surface area contributed by atoms with Crippen molar-refractivity contribution in [3.8, 4) is 11.8 Å². The third kappa shape index (κ3) is 17.8. The van der Waals surface area contributed by atoms with Gasteiger partial charge in [0.05, 0.1) is 19.8 Å². The van der Waals surface area contributed by atoms with Crippen molar-refractivity contribution in [1.82, 2.24) is 10.6 Å². The summed E-state index contributed by atoms with van der Waals surface area (Å²) >= 11 is 0. The van der Waals surface area contributed by atoms with Gasteiger partial charge in [0.15, 0.2) is 0 Å². The lowest BCUT2D eigenvalue weighted by Crippen LogP contribution is -2.28. The van der Waals surface area contributed by atoms with Crippen LogP contribution >= 0.6 is 21.6 Å². The van der Waals surface area contributed by atoms with Gasteiger partial charge in [-0.3, -0.25) is 4.79 Å². The van der Waals surface area contributed by atoms with E-state index in [0.717, 1.165) is 18.8 Å². The van der Waals surface area contributed by atoms with E-state index in [2.05, 4.69) is 29.4 Å². The van der Waals surface area contributed by atoms with Crippen LogP contribution in [-0.4, -0.2) is 56.6 Å². The number of carbonyl (C=O) groups is 1. The highest BCUT2D eigenvalue weighted by molar-refractivity contribution is 8.76. The first-order valence-corrected chi connectivity index (χ1v) is 10.4. The van der Waals surface area contributed by atoms with E-state index in [4.69, 9.17) is 9.47 Å². The normalized spacial score (nSPS) is 11.9. The molecule has 23 heavy (non-hydrogen) atoms. The summed E-state index contributed by atoms with van der Waals surface area (Å²) in [5.74, 6) is 7.11. The molecular formula is C16H30N2O3S2. The summed E-state index contributed by atoms with van der Waals surface area (Å²) in [5.41, 5.74) is 0.116. The van der Waals surface area contributed by atoms with E-state index < -0.39 is 0 Å². The summed E-state index contributed by atoms with van der Waals surface area (Å²) in [7, 11) is 3.51.